The molecule has 0 aliphatic rings. The molecule has 0 aliphatic carbocycles. The van der Waals surface area contributed by atoms with Crippen molar-refractivity contribution in [2.24, 2.45) is 0 Å². The average molecular weight is 293 g/mol. The first-order valence-corrected chi connectivity index (χ1v) is 8.65. The van der Waals surface area contributed by atoms with Crippen LogP contribution in [-0.2, 0) is 9.84 Å². The van der Waals surface area contributed by atoms with Gasteiger partial charge in [-0.1, -0.05) is 50.2 Å². The second-order valence-electron chi connectivity index (χ2n) is 4.74. The van der Waals surface area contributed by atoms with Crippen molar-refractivity contribution >= 4 is 20.6 Å². The lowest BCUT2D eigenvalue weighted by Gasteiger charge is -2.07. The van der Waals surface area contributed by atoms with E-state index in [-0.39, 0.29) is 0 Å². The van der Waals surface area contributed by atoms with E-state index < -0.39 is 9.84 Å². The van der Waals surface area contributed by atoms with E-state index in [1.165, 1.54) is 6.26 Å². The Morgan fingerprint density at radius 3 is 2.00 bits per heavy atom. The first-order valence-electron chi connectivity index (χ1n) is 6.76. The maximum Gasteiger partial charge on any atom is 0.176 e. The summed E-state index contributed by atoms with van der Waals surface area (Å²) >= 11 is 0. The van der Waals surface area contributed by atoms with Gasteiger partial charge in [0.15, 0.2) is 9.84 Å². The number of hydrogen-bond acceptors (Lipinski definition) is 3. The Hall–Kier alpha value is -1.39. The van der Waals surface area contributed by atoms with Gasteiger partial charge >= 0.3 is 0 Å². The molecule has 0 spiro atoms. The van der Waals surface area contributed by atoms with Gasteiger partial charge in [-0.2, -0.15) is 0 Å². The van der Waals surface area contributed by atoms with Gasteiger partial charge in [0.05, 0.1) is 4.90 Å². The zero-order chi connectivity index (χ0) is 15.2. The fraction of sp³-hybridized carbons (Fsp3) is 0.375. The van der Waals surface area contributed by atoms with Crippen LogP contribution in [0.25, 0.3) is 10.8 Å². The summed E-state index contributed by atoms with van der Waals surface area (Å²) in [6.07, 6.45) is 1.23. The highest BCUT2D eigenvalue weighted by molar-refractivity contribution is 7.91. The SMILES string of the molecule is CCN(C)CC.CS(=O)(=O)c1cccc2ccccc12. The van der Waals surface area contributed by atoms with Crippen molar-refractivity contribution in [1.82, 2.24) is 4.90 Å². The van der Waals surface area contributed by atoms with Crippen LogP contribution in [0.4, 0.5) is 0 Å². The molecule has 0 fully saturated rings. The van der Waals surface area contributed by atoms with Gasteiger partial charge in [0.25, 0.3) is 0 Å². The number of nitrogens with zero attached hydrogens (tertiary/aromatic N) is 1. The molecule has 2 aromatic rings. The van der Waals surface area contributed by atoms with E-state index in [1.807, 2.05) is 30.3 Å². The minimum absolute atomic E-state index is 0.399. The van der Waals surface area contributed by atoms with Gasteiger partial charge in [-0.25, -0.2) is 8.42 Å². The maximum absolute atomic E-state index is 11.4. The molecule has 0 saturated heterocycles. The van der Waals surface area contributed by atoms with Crippen molar-refractivity contribution < 1.29 is 8.42 Å². The summed E-state index contributed by atoms with van der Waals surface area (Å²) in [7, 11) is -1.02. The van der Waals surface area contributed by atoms with Gasteiger partial charge in [-0.05, 0) is 31.6 Å². The van der Waals surface area contributed by atoms with Crippen molar-refractivity contribution in [2.75, 3.05) is 26.4 Å². The van der Waals surface area contributed by atoms with Gasteiger partial charge in [-0.15, -0.1) is 0 Å². The fourth-order valence-corrected chi connectivity index (χ4v) is 2.65. The molecule has 0 N–H and O–H groups in total. The van der Waals surface area contributed by atoms with E-state index in [1.54, 1.807) is 12.1 Å². The van der Waals surface area contributed by atoms with E-state index in [2.05, 4.69) is 25.8 Å². The van der Waals surface area contributed by atoms with Crippen molar-refractivity contribution in [3.63, 3.8) is 0 Å². The third-order valence-corrected chi connectivity index (χ3v) is 4.38. The molecule has 2 rings (SSSR count). The Balaban J connectivity index is 0.000000286. The minimum Gasteiger partial charge on any atom is -0.307 e. The Labute approximate surface area is 122 Å². The zero-order valence-corrected chi connectivity index (χ0v) is 13.4. The lowest BCUT2D eigenvalue weighted by molar-refractivity contribution is 0.373. The third-order valence-electron chi connectivity index (χ3n) is 3.23. The Morgan fingerprint density at radius 2 is 1.50 bits per heavy atom. The lowest BCUT2D eigenvalue weighted by Crippen LogP contribution is -2.15. The first kappa shape index (κ1) is 16.7. The smallest absolute Gasteiger partial charge is 0.176 e. The van der Waals surface area contributed by atoms with Crippen LogP contribution in [0.1, 0.15) is 13.8 Å². The van der Waals surface area contributed by atoms with Crippen LogP contribution in [0.3, 0.4) is 0 Å². The molecule has 0 heterocycles. The molecule has 0 aromatic heterocycles. The summed E-state index contributed by atoms with van der Waals surface area (Å²) in [6, 6.07) is 12.8. The van der Waals surface area contributed by atoms with E-state index >= 15 is 0 Å². The van der Waals surface area contributed by atoms with Crippen LogP contribution in [0.15, 0.2) is 47.4 Å². The average Bonchev–Trinajstić information content (AvgIpc) is 2.45. The Bertz CT molecular complexity index is 641. The Kier molecular flexibility index (Phi) is 6.17. The topological polar surface area (TPSA) is 37.4 Å². The molecule has 0 atom stereocenters. The predicted octanol–water partition coefficient (Wildman–Crippen LogP) is 3.20. The fourth-order valence-electron chi connectivity index (χ4n) is 1.74. The summed E-state index contributed by atoms with van der Waals surface area (Å²) in [6.45, 7) is 6.64. The Morgan fingerprint density at radius 1 is 0.950 bits per heavy atom. The van der Waals surface area contributed by atoms with Gasteiger partial charge in [0, 0.05) is 11.6 Å². The maximum atomic E-state index is 11.4. The number of fused-ring (bicyclic) bond motifs is 1. The molecule has 0 bridgehead atoms. The minimum atomic E-state index is -3.13. The summed E-state index contributed by atoms with van der Waals surface area (Å²) in [5, 5.41) is 1.74. The summed E-state index contributed by atoms with van der Waals surface area (Å²) < 4.78 is 22.9. The van der Waals surface area contributed by atoms with Crippen LogP contribution in [-0.4, -0.2) is 39.7 Å². The summed E-state index contributed by atoms with van der Waals surface area (Å²) in [5.74, 6) is 0. The van der Waals surface area contributed by atoms with Crippen molar-refractivity contribution in [3.05, 3.63) is 42.5 Å². The van der Waals surface area contributed by atoms with Crippen LogP contribution in [0, 0.1) is 0 Å². The summed E-state index contributed by atoms with van der Waals surface area (Å²) in [5.41, 5.74) is 0. The molecular formula is C16H23NO2S. The van der Waals surface area contributed by atoms with Crippen LogP contribution in [0.2, 0.25) is 0 Å². The van der Waals surface area contributed by atoms with Crippen LogP contribution in [0.5, 0.6) is 0 Å². The molecule has 3 nitrogen and oxygen atoms in total. The highest BCUT2D eigenvalue weighted by Crippen LogP contribution is 2.22. The highest BCUT2D eigenvalue weighted by atomic mass is 32.2. The monoisotopic (exact) mass is 293 g/mol. The van der Waals surface area contributed by atoms with Crippen molar-refractivity contribution in [2.45, 2.75) is 18.7 Å². The molecule has 2 aromatic carbocycles. The van der Waals surface area contributed by atoms with Crippen molar-refractivity contribution in [1.29, 1.82) is 0 Å². The van der Waals surface area contributed by atoms with E-state index in [4.69, 9.17) is 0 Å². The second kappa shape index (κ2) is 7.41. The molecule has 0 aliphatic heterocycles. The number of rotatable bonds is 3. The second-order valence-corrected chi connectivity index (χ2v) is 6.72. The molecule has 4 heteroatoms. The van der Waals surface area contributed by atoms with Gasteiger partial charge in [-0.3, -0.25) is 0 Å². The standard InChI is InChI=1S/C11H10O2S.C5H13N/c1-14(12,13)11-8-4-6-9-5-2-3-7-10(9)11;1-4-6(3)5-2/h2-8H,1H3;4-5H2,1-3H3. The molecule has 0 amide bonds. The van der Waals surface area contributed by atoms with Gasteiger partial charge in [0.1, 0.15) is 0 Å². The van der Waals surface area contributed by atoms with E-state index in [0.717, 1.165) is 23.9 Å². The first-order chi connectivity index (χ1) is 9.40. The lowest BCUT2D eigenvalue weighted by atomic mass is 10.1. The molecule has 20 heavy (non-hydrogen) atoms. The number of sulfone groups is 1. The van der Waals surface area contributed by atoms with Crippen molar-refractivity contribution in [3.8, 4) is 0 Å². The molecular weight excluding hydrogens is 270 g/mol. The predicted molar refractivity (Wildman–Crippen MR) is 85.9 cm³/mol. The normalized spacial score (nSPS) is 11.2. The summed E-state index contributed by atoms with van der Waals surface area (Å²) in [4.78, 5) is 2.65. The number of hydrogen-bond donors (Lipinski definition) is 0. The third kappa shape index (κ3) is 4.62. The van der Waals surface area contributed by atoms with E-state index in [0.29, 0.717) is 4.90 Å². The molecule has 0 saturated carbocycles. The quantitative estimate of drug-likeness (QED) is 0.872. The molecule has 0 radical (unpaired) electrons. The zero-order valence-electron chi connectivity index (χ0n) is 12.6. The van der Waals surface area contributed by atoms with Crippen LogP contribution >= 0.6 is 0 Å². The highest BCUT2D eigenvalue weighted by Gasteiger charge is 2.09. The van der Waals surface area contributed by atoms with Crippen LogP contribution < -0.4 is 0 Å². The molecule has 0 unspecified atom stereocenters. The van der Waals surface area contributed by atoms with Gasteiger partial charge in [0.2, 0.25) is 0 Å². The largest absolute Gasteiger partial charge is 0.307 e. The van der Waals surface area contributed by atoms with E-state index in [9.17, 15) is 8.42 Å². The molecule has 110 valence electrons. The number of benzene rings is 2. The van der Waals surface area contributed by atoms with Gasteiger partial charge < -0.3 is 4.90 Å².